The molecule has 0 saturated carbocycles. The highest BCUT2D eigenvalue weighted by molar-refractivity contribution is 5.92. The fourth-order valence-corrected chi connectivity index (χ4v) is 3.42. The molecular formula is C22H25NO4. The summed E-state index contributed by atoms with van der Waals surface area (Å²) < 4.78 is 10.6. The first-order valence-electron chi connectivity index (χ1n) is 9.23. The molecule has 0 fully saturated rings. The Bertz CT molecular complexity index is 846. The van der Waals surface area contributed by atoms with Gasteiger partial charge in [-0.05, 0) is 61.9 Å². The predicted octanol–water partition coefficient (Wildman–Crippen LogP) is 3.74. The smallest absolute Gasteiger partial charge is 0.339 e. The Hall–Kier alpha value is -2.82. The minimum absolute atomic E-state index is 0.0388. The molecule has 0 heterocycles. The molecule has 27 heavy (non-hydrogen) atoms. The first kappa shape index (κ1) is 19.0. The number of hydrogen-bond donors (Lipinski definition) is 1. The normalized spacial score (nSPS) is 16.8. The molecule has 0 aliphatic heterocycles. The van der Waals surface area contributed by atoms with Crippen LogP contribution in [-0.4, -0.2) is 25.1 Å². The topological polar surface area (TPSA) is 64.6 Å². The molecule has 1 aliphatic carbocycles. The first-order valence-corrected chi connectivity index (χ1v) is 9.23. The van der Waals surface area contributed by atoms with E-state index in [-0.39, 0.29) is 11.9 Å². The summed E-state index contributed by atoms with van der Waals surface area (Å²) in [6, 6.07) is 13.2. The molecule has 5 nitrogen and oxygen atoms in total. The fraction of sp³-hybridized carbons (Fsp3) is 0.364. The van der Waals surface area contributed by atoms with E-state index in [0.29, 0.717) is 11.3 Å². The van der Waals surface area contributed by atoms with Crippen molar-refractivity contribution in [3.05, 3.63) is 64.7 Å². The number of nitrogens with one attached hydrogen (secondary N) is 1. The molecule has 1 amide bonds. The number of amides is 1. The Morgan fingerprint density at radius 3 is 2.74 bits per heavy atom. The van der Waals surface area contributed by atoms with E-state index in [2.05, 4.69) is 17.4 Å². The maximum absolute atomic E-state index is 12.6. The van der Waals surface area contributed by atoms with Gasteiger partial charge in [-0.15, -0.1) is 0 Å². The number of carbonyl (C=O) groups excluding carboxylic acids is 2. The van der Waals surface area contributed by atoms with Crippen LogP contribution >= 0.6 is 0 Å². The van der Waals surface area contributed by atoms with Gasteiger partial charge in [-0.2, -0.15) is 0 Å². The van der Waals surface area contributed by atoms with Crippen LogP contribution in [0.15, 0.2) is 42.5 Å². The number of carbonyl (C=O) groups is 2. The lowest BCUT2D eigenvalue weighted by Gasteiger charge is -2.27. The fourth-order valence-electron chi connectivity index (χ4n) is 3.42. The Labute approximate surface area is 159 Å². The van der Waals surface area contributed by atoms with Gasteiger partial charge in [0.25, 0.3) is 5.91 Å². The van der Waals surface area contributed by atoms with Crippen molar-refractivity contribution in [1.82, 2.24) is 5.32 Å². The summed E-state index contributed by atoms with van der Waals surface area (Å²) in [5, 5.41) is 3.02. The van der Waals surface area contributed by atoms with Crippen molar-refractivity contribution < 1.29 is 19.1 Å². The highest BCUT2D eigenvalue weighted by Crippen LogP contribution is 2.29. The molecule has 0 unspecified atom stereocenters. The summed E-state index contributed by atoms with van der Waals surface area (Å²) in [6.07, 6.45) is 2.07. The lowest BCUT2D eigenvalue weighted by molar-refractivity contribution is -0.130. The molecule has 0 radical (unpaired) electrons. The molecule has 0 bridgehead atoms. The number of esters is 1. The summed E-state index contributed by atoms with van der Waals surface area (Å²) in [4.78, 5) is 24.9. The van der Waals surface area contributed by atoms with E-state index >= 15 is 0 Å². The van der Waals surface area contributed by atoms with Gasteiger partial charge in [0.15, 0.2) is 6.10 Å². The highest BCUT2D eigenvalue weighted by atomic mass is 16.5. The van der Waals surface area contributed by atoms with Crippen molar-refractivity contribution in [2.24, 2.45) is 0 Å². The van der Waals surface area contributed by atoms with E-state index in [1.54, 1.807) is 32.2 Å². The zero-order valence-electron chi connectivity index (χ0n) is 16.0. The Morgan fingerprint density at radius 2 is 1.96 bits per heavy atom. The maximum Gasteiger partial charge on any atom is 0.339 e. The predicted molar refractivity (Wildman–Crippen MR) is 103 cm³/mol. The van der Waals surface area contributed by atoms with Crippen LogP contribution < -0.4 is 10.1 Å². The van der Waals surface area contributed by atoms with Crippen LogP contribution in [0.4, 0.5) is 0 Å². The van der Waals surface area contributed by atoms with Crippen molar-refractivity contribution in [2.45, 2.75) is 45.3 Å². The van der Waals surface area contributed by atoms with E-state index in [4.69, 9.17) is 9.47 Å². The first-order chi connectivity index (χ1) is 13.0. The average Bonchev–Trinajstić information content (AvgIpc) is 2.68. The molecule has 2 atom stereocenters. The summed E-state index contributed by atoms with van der Waals surface area (Å²) in [5.74, 6) is -0.218. The van der Waals surface area contributed by atoms with Gasteiger partial charge in [-0.1, -0.05) is 30.3 Å². The third kappa shape index (κ3) is 4.30. The van der Waals surface area contributed by atoms with Crippen molar-refractivity contribution in [3.8, 4) is 5.75 Å². The maximum atomic E-state index is 12.6. The summed E-state index contributed by atoms with van der Waals surface area (Å²) in [7, 11) is 1.55. The lowest BCUT2D eigenvalue weighted by Crippen LogP contribution is -2.39. The van der Waals surface area contributed by atoms with E-state index < -0.39 is 12.1 Å². The zero-order chi connectivity index (χ0) is 19.4. The van der Waals surface area contributed by atoms with Crippen molar-refractivity contribution in [3.63, 3.8) is 0 Å². The van der Waals surface area contributed by atoms with Crippen LogP contribution in [0.3, 0.4) is 0 Å². The number of hydrogen-bond acceptors (Lipinski definition) is 4. The largest absolute Gasteiger partial charge is 0.496 e. The second-order valence-corrected chi connectivity index (χ2v) is 6.88. The third-order valence-corrected chi connectivity index (χ3v) is 4.98. The van der Waals surface area contributed by atoms with Gasteiger partial charge in [-0.25, -0.2) is 4.79 Å². The molecule has 2 aromatic carbocycles. The van der Waals surface area contributed by atoms with Crippen LogP contribution in [0, 0.1) is 6.92 Å². The van der Waals surface area contributed by atoms with E-state index in [9.17, 15) is 9.59 Å². The van der Waals surface area contributed by atoms with Crippen LogP contribution in [0.25, 0.3) is 0 Å². The summed E-state index contributed by atoms with van der Waals surface area (Å²) in [6.45, 7) is 3.49. The molecule has 5 heteroatoms. The van der Waals surface area contributed by atoms with Gasteiger partial charge in [0.05, 0.1) is 18.7 Å². The zero-order valence-corrected chi connectivity index (χ0v) is 16.0. The van der Waals surface area contributed by atoms with Crippen molar-refractivity contribution in [1.29, 1.82) is 0 Å². The Balaban J connectivity index is 1.64. The number of rotatable bonds is 5. The van der Waals surface area contributed by atoms with Crippen molar-refractivity contribution in [2.75, 3.05) is 7.11 Å². The van der Waals surface area contributed by atoms with E-state index in [1.165, 1.54) is 5.56 Å². The van der Waals surface area contributed by atoms with Gasteiger partial charge in [0, 0.05) is 0 Å². The SMILES string of the molecule is COc1cc(C(=O)O[C@@H](C)C(=O)N[C@@H]2CCCc3ccccc32)ccc1C. The molecule has 142 valence electrons. The average molecular weight is 367 g/mol. The summed E-state index contributed by atoms with van der Waals surface area (Å²) >= 11 is 0. The van der Waals surface area contributed by atoms with Gasteiger partial charge >= 0.3 is 5.97 Å². The Kier molecular flexibility index (Phi) is 5.79. The number of methoxy groups -OCH3 is 1. The summed E-state index contributed by atoms with van der Waals surface area (Å²) in [5.41, 5.74) is 3.71. The van der Waals surface area contributed by atoms with Crippen molar-refractivity contribution >= 4 is 11.9 Å². The van der Waals surface area contributed by atoms with Gasteiger partial charge in [0.1, 0.15) is 5.75 Å². The minimum atomic E-state index is -0.876. The Morgan fingerprint density at radius 1 is 1.19 bits per heavy atom. The van der Waals surface area contributed by atoms with Gasteiger partial charge in [-0.3, -0.25) is 4.79 Å². The quantitative estimate of drug-likeness (QED) is 0.818. The van der Waals surface area contributed by atoms with E-state index in [1.807, 2.05) is 19.1 Å². The second kappa shape index (κ2) is 8.25. The number of fused-ring (bicyclic) bond motifs is 1. The third-order valence-electron chi connectivity index (χ3n) is 4.98. The molecule has 1 aliphatic rings. The molecular weight excluding hydrogens is 342 g/mol. The monoisotopic (exact) mass is 367 g/mol. The number of ether oxygens (including phenoxy) is 2. The molecule has 3 rings (SSSR count). The minimum Gasteiger partial charge on any atom is -0.496 e. The number of aryl methyl sites for hydroxylation is 2. The number of benzene rings is 2. The molecule has 0 spiro atoms. The standard InChI is InChI=1S/C22H25NO4/c1-14-11-12-17(13-20(14)26-3)22(25)27-15(2)21(24)23-19-10-6-8-16-7-4-5-9-18(16)19/h4-5,7,9,11-13,15,19H,6,8,10H2,1-3H3,(H,23,24)/t15-,19+/m0/s1. The molecule has 2 aromatic rings. The van der Waals surface area contributed by atoms with Crippen LogP contribution in [0.1, 0.15) is 52.9 Å². The lowest BCUT2D eigenvalue weighted by atomic mass is 9.87. The van der Waals surface area contributed by atoms with Gasteiger partial charge in [0.2, 0.25) is 0 Å². The van der Waals surface area contributed by atoms with Crippen LogP contribution in [0.2, 0.25) is 0 Å². The van der Waals surface area contributed by atoms with Crippen LogP contribution in [-0.2, 0) is 16.0 Å². The highest BCUT2D eigenvalue weighted by Gasteiger charge is 2.25. The van der Waals surface area contributed by atoms with E-state index in [0.717, 1.165) is 30.4 Å². The molecule has 0 saturated heterocycles. The second-order valence-electron chi connectivity index (χ2n) is 6.88. The van der Waals surface area contributed by atoms with Gasteiger partial charge < -0.3 is 14.8 Å². The molecule has 1 N–H and O–H groups in total. The molecule has 0 aromatic heterocycles. The van der Waals surface area contributed by atoms with Crippen LogP contribution in [0.5, 0.6) is 5.75 Å².